The lowest BCUT2D eigenvalue weighted by molar-refractivity contribution is 0.0744. The number of benzene rings is 1. The monoisotopic (exact) mass is 336 g/mol. The lowest BCUT2D eigenvalue weighted by Gasteiger charge is -2.18. The number of hydrogen-bond donors (Lipinski definition) is 2. The fraction of sp³-hybridized carbons (Fsp3) is 0.158. The number of aromatic nitrogens is 4. The Morgan fingerprint density at radius 2 is 1.80 bits per heavy atom. The summed E-state index contributed by atoms with van der Waals surface area (Å²) in [6, 6.07) is 10.0. The molecule has 4 rings (SSSR count). The highest BCUT2D eigenvalue weighted by atomic mass is 19.1. The molecule has 4 aromatic rings. The van der Waals surface area contributed by atoms with Crippen LogP contribution in [-0.2, 0) is 5.60 Å². The molecule has 0 radical (unpaired) electrons. The van der Waals surface area contributed by atoms with Crippen LogP contribution in [0.15, 0.2) is 55.0 Å². The van der Waals surface area contributed by atoms with Crippen molar-refractivity contribution >= 4 is 5.65 Å². The van der Waals surface area contributed by atoms with E-state index >= 15 is 0 Å². The molecule has 0 atom stereocenters. The quantitative estimate of drug-likeness (QED) is 0.599. The molecule has 0 saturated heterocycles. The normalized spacial score (nSPS) is 12.0. The second-order valence-corrected chi connectivity index (χ2v) is 6.50. The molecule has 0 spiro atoms. The smallest absolute Gasteiger partial charge is 0.136 e. The maximum Gasteiger partial charge on any atom is 0.136 e. The van der Waals surface area contributed by atoms with Crippen molar-refractivity contribution in [2.24, 2.45) is 0 Å². The second-order valence-electron chi connectivity index (χ2n) is 6.50. The highest BCUT2D eigenvalue weighted by molar-refractivity contribution is 5.83. The minimum atomic E-state index is -1.11. The van der Waals surface area contributed by atoms with E-state index in [-0.39, 0.29) is 5.82 Å². The van der Waals surface area contributed by atoms with E-state index in [1.54, 1.807) is 32.2 Å². The van der Waals surface area contributed by atoms with Crippen LogP contribution in [0.3, 0.4) is 0 Å². The molecule has 2 N–H and O–H groups in total. The molecular weight excluding hydrogens is 319 g/mol. The van der Waals surface area contributed by atoms with Crippen molar-refractivity contribution in [2.45, 2.75) is 19.4 Å². The minimum absolute atomic E-state index is 0.302. The molecule has 3 heterocycles. The van der Waals surface area contributed by atoms with Gasteiger partial charge >= 0.3 is 0 Å². The first-order valence-corrected chi connectivity index (χ1v) is 7.94. The summed E-state index contributed by atoms with van der Waals surface area (Å²) >= 11 is 0. The summed E-state index contributed by atoms with van der Waals surface area (Å²) in [4.78, 5) is 4.25. The molecular formula is C19H17FN4O. The summed E-state index contributed by atoms with van der Waals surface area (Å²) in [6.07, 6.45) is 5.53. The van der Waals surface area contributed by atoms with Crippen molar-refractivity contribution in [1.82, 2.24) is 19.6 Å². The van der Waals surface area contributed by atoms with Gasteiger partial charge in [0.15, 0.2) is 0 Å². The summed E-state index contributed by atoms with van der Waals surface area (Å²) in [5.41, 5.74) is 3.44. The van der Waals surface area contributed by atoms with E-state index in [9.17, 15) is 9.50 Å². The van der Waals surface area contributed by atoms with Gasteiger partial charge in [-0.15, -0.1) is 0 Å². The van der Waals surface area contributed by atoms with Crippen LogP contribution in [0.5, 0.6) is 0 Å². The summed E-state index contributed by atoms with van der Waals surface area (Å²) in [6.45, 7) is 3.41. The number of rotatable bonds is 3. The summed E-state index contributed by atoms with van der Waals surface area (Å²) in [7, 11) is 0. The maximum absolute atomic E-state index is 13.3. The van der Waals surface area contributed by atoms with Crippen LogP contribution in [-0.4, -0.2) is 24.7 Å². The number of imidazole rings is 1. The van der Waals surface area contributed by atoms with Gasteiger partial charge in [0, 0.05) is 35.3 Å². The largest absolute Gasteiger partial charge is 0.384 e. The van der Waals surface area contributed by atoms with Gasteiger partial charge in [-0.2, -0.15) is 5.10 Å². The van der Waals surface area contributed by atoms with Crippen LogP contribution in [0.2, 0.25) is 0 Å². The molecule has 25 heavy (non-hydrogen) atoms. The standard InChI is InChI=1S/C19H17FN4O/c1-19(2,25)18-16(13-5-8-15-21-9-10-24(15)11-13)17(22-23-18)12-3-6-14(20)7-4-12/h3-11,25H,1-2H3,(H,22,23). The van der Waals surface area contributed by atoms with Crippen molar-refractivity contribution in [3.8, 4) is 22.4 Å². The third kappa shape index (κ3) is 2.70. The van der Waals surface area contributed by atoms with Crippen LogP contribution in [0.1, 0.15) is 19.5 Å². The highest BCUT2D eigenvalue weighted by Gasteiger charge is 2.27. The summed E-state index contributed by atoms with van der Waals surface area (Å²) in [5.74, 6) is -0.302. The lowest BCUT2D eigenvalue weighted by Crippen LogP contribution is -2.17. The first kappa shape index (κ1) is 15.5. The Kier molecular flexibility index (Phi) is 3.43. The Hall–Kier alpha value is -2.99. The number of nitrogens with zero attached hydrogens (tertiary/aromatic N) is 3. The van der Waals surface area contributed by atoms with Crippen LogP contribution < -0.4 is 0 Å². The highest BCUT2D eigenvalue weighted by Crippen LogP contribution is 2.37. The van der Waals surface area contributed by atoms with Crippen molar-refractivity contribution in [1.29, 1.82) is 0 Å². The molecule has 126 valence electrons. The van der Waals surface area contributed by atoms with E-state index in [2.05, 4.69) is 15.2 Å². The first-order chi connectivity index (χ1) is 11.9. The Balaban J connectivity index is 1.97. The maximum atomic E-state index is 13.3. The van der Waals surface area contributed by atoms with Gasteiger partial charge in [0.25, 0.3) is 0 Å². The Morgan fingerprint density at radius 1 is 1.08 bits per heavy atom. The van der Waals surface area contributed by atoms with Crippen molar-refractivity contribution in [2.75, 3.05) is 0 Å². The third-order valence-electron chi connectivity index (χ3n) is 4.17. The van der Waals surface area contributed by atoms with Gasteiger partial charge in [0.05, 0.1) is 5.69 Å². The Labute approximate surface area is 143 Å². The third-order valence-corrected chi connectivity index (χ3v) is 4.17. The molecule has 0 fully saturated rings. The van der Waals surface area contributed by atoms with Gasteiger partial charge < -0.3 is 9.51 Å². The number of hydrogen-bond acceptors (Lipinski definition) is 3. The number of nitrogens with one attached hydrogen (secondary N) is 1. The van der Waals surface area contributed by atoms with Crippen molar-refractivity contribution < 1.29 is 9.50 Å². The SMILES string of the molecule is CC(C)(O)c1[nH]nc(-c2ccc(F)cc2)c1-c1ccc2nccn2c1. The first-order valence-electron chi connectivity index (χ1n) is 7.94. The van der Waals surface area contributed by atoms with Gasteiger partial charge in [-0.3, -0.25) is 5.10 Å². The average molecular weight is 336 g/mol. The Bertz CT molecular complexity index is 1040. The van der Waals surface area contributed by atoms with Crippen LogP contribution in [0.4, 0.5) is 4.39 Å². The van der Waals surface area contributed by atoms with Crippen LogP contribution >= 0.6 is 0 Å². The molecule has 0 bridgehead atoms. The van der Waals surface area contributed by atoms with Gasteiger partial charge in [-0.1, -0.05) is 0 Å². The molecule has 0 saturated carbocycles. The van der Waals surface area contributed by atoms with E-state index in [1.165, 1.54) is 12.1 Å². The molecule has 3 aromatic heterocycles. The summed E-state index contributed by atoms with van der Waals surface area (Å²) < 4.78 is 15.2. The number of pyridine rings is 1. The molecule has 0 unspecified atom stereocenters. The molecule has 5 nitrogen and oxygen atoms in total. The van der Waals surface area contributed by atoms with Crippen LogP contribution in [0.25, 0.3) is 28.0 Å². The molecule has 0 aliphatic heterocycles. The topological polar surface area (TPSA) is 66.2 Å². The van der Waals surface area contributed by atoms with E-state index in [0.717, 1.165) is 22.3 Å². The number of fused-ring (bicyclic) bond motifs is 1. The predicted molar refractivity (Wildman–Crippen MR) is 93.4 cm³/mol. The van der Waals surface area contributed by atoms with Gasteiger partial charge in [-0.25, -0.2) is 9.37 Å². The van der Waals surface area contributed by atoms with E-state index in [1.807, 2.05) is 28.9 Å². The van der Waals surface area contributed by atoms with Gasteiger partial charge in [-0.05, 0) is 50.2 Å². The lowest BCUT2D eigenvalue weighted by atomic mass is 9.93. The second kappa shape index (κ2) is 5.53. The molecule has 0 aliphatic carbocycles. The molecule has 0 aliphatic rings. The summed E-state index contributed by atoms with van der Waals surface area (Å²) in [5, 5.41) is 17.9. The molecule has 6 heteroatoms. The van der Waals surface area contributed by atoms with Crippen molar-refractivity contribution in [3.05, 3.63) is 66.5 Å². The van der Waals surface area contributed by atoms with E-state index < -0.39 is 5.60 Å². The van der Waals surface area contributed by atoms with E-state index in [0.29, 0.717) is 11.4 Å². The minimum Gasteiger partial charge on any atom is -0.384 e. The zero-order chi connectivity index (χ0) is 17.6. The van der Waals surface area contributed by atoms with Crippen LogP contribution in [0, 0.1) is 5.82 Å². The number of halogens is 1. The van der Waals surface area contributed by atoms with Gasteiger partial charge in [0.2, 0.25) is 0 Å². The fourth-order valence-corrected chi connectivity index (χ4v) is 2.95. The predicted octanol–water partition coefficient (Wildman–Crippen LogP) is 3.76. The number of aliphatic hydroxyl groups is 1. The zero-order valence-electron chi connectivity index (χ0n) is 13.9. The molecule has 1 aromatic carbocycles. The zero-order valence-corrected chi connectivity index (χ0v) is 13.9. The number of aromatic amines is 1. The molecule has 0 amide bonds. The van der Waals surface area contributed by atoms with Gasteiger partial charge in [0.1, 0.15) is 22.8 Å². The number of H-pyrrole nitrogens is 1. The van der Waals surface area contributed by atoms with Crippen molar-refractivity contribution in [3.63, 3.8) is 0 Å². The average Bonchev–Trinajstić information content (AvgIpc) is 3.21. The Morgan fingerprint density at radius 3 is 2.52 bits per heavy atom. The fourth-order valence-electron chi connectivity index (χ4n) is 2.95. The van der Waals surface area contributed by atoms with E-state index in [4.69, 9.17) is 0 Å².